The van der Waals surface area contributed by atoms with E-state index in [4.69, 9.17) is 5.73 Å². The van der Waals surface area contributed by atoms with Crippen LogP contribution in [0, 0.1) is 12.7 Å². The monoisotopic (exact) mass is 179 g/mol. The van der Waals surface area contributed by atoms with Gasteiger partial charge in [-0.1, -0.05) is 12.6 Å². The Kier molecular flexibility index (Phi) is 3.20. The quantitative estimate of drug-likeness (QED) is 0.758. The van der Waals surface area contributed by atoms with Crippen LogP contribution in [0.25, 0.3) is 5.57 Å². The van der Waals surface area contributed by atoms with Crippen molar-refractivity contribution in [1.82, 2.24) is 0 Å². The van der Waals surface area contributed by atoms with Gasteiger partial charge >= 0.3 is 0 Å². The highest BCUT2D eigenvalue weighted by Gasteiger charge is 2.01. The van der Waals surface area contributed by atoms with Crippen molar-refractivity contribution in [2.24, 2.45) is 5.73 Å². The fraction of sp³-hybridized carbons (Fsp3) is 0.273. The summed E-state index contributed by atoms with van der Waals surface area (Å²) in [6.45, 7) is 6.26. The molecule has 0 aromatic heterocycles. The van der Waals surface area contributed by atoms with Crippen LogP contribution in [0.1, 0.15) is 17.5 Å². The van der Waals surface area contributed by atoms with Gasteiger partial charge in [0.2, 0.25) is 0 Å². The van der Waals surface area contributed by atoms with E-state index in [1.807, 2.05) is 13.0 Å². The Hall–Kier alpha value is -1.15. The molecule has 0 aliphatic rings. The molecule has 0 atom stereocenters. The maximum atomic E-state index is 13.0. The van der Waals surface area contributed by atoms with Gasteiger partial charge in [0.1, 0.15) is 5.82 Å². The Morgan fingerprint density at radius 3 is 2.69 bits per heavy atom. The molecular weight excluding hydrogens is 165 g/mol. The number of hydrogen-bond donors (Lipinski definition) is 1. The third-order valence-electron chi connectivity index (χ3n) is 1.90. The smallest absolute Gasteiger partial charge is 0.124 e. The van der Waals surface area contributed by atoms with Crippen LogP contribution in [-0.4, -0.2) is 6.54 Å². The van der Waals surface area contributed by atoms with E-state index in [0.717, 1.165) is 16.7 Å². The topological polar surface area (TPSA) is 26.0 Å². The van der Waals surface area contributed by atoms with Gasteiger partial charge in [0.05, 0.1) is 0 Å². The van der Waals surface area contributed by atoms with Gasteiger partial charge in [-0.05, 0) is 48.7 Å². The van der Waals surface area contributed by atoms with Crippen molar-refractivity contribution in [2.45, 2.75) is 13.3 Å². The van der Waals surface area contributed by atoms with Crippen molar-refractivity contribution >= 4 is 5.57 Å². The first-order valence-corrected chi connectivity index (χ1v) is 4.29. The summed E-state index contributed by atoms with van der Waals surface area (Å²) in [5, 5.41) is 0. The first-order chi connectivity index (χ1) is 6.13. The Balaban J connectivity index is 2.94. The van der Waals surface area contributed by atoms with Gasteiger partial charge in [0.25, 0.3) is 0 Å². The van der Waals surface area contributed by atoms with Crippen molar-refractivity contribution < 1.29 is 4.39 Å². The van der Waals surface area contributed by atoms with Crippen molar-refractivity contribution in [3.8, 4) is 0 Å². The highest BCUT2D eigenvalue weighted by molar-refractivity contribution is 5.64. The van der Waals surface area contributed by atoms with Crippen LogP contribution in [0.3, 0.4) is 0 Å². The average molecular weight is 179 g/mol. The fourth-order valence-electron chi connectivity index (χ4n) is 1.26. The van der Waals surface area contributed by atoms with Crippen molar-refractivity contribution in [3.05, 3.63) is 41.7 Å². The van der Waals surface area contributed by atoms with Gasteiger partial charge in [-0.3, -0.25) is 0 Å². The number of aryl methyl sites for hydroxylation is 1. The second-order valence-electron chi connectivity index (χ2n) is 3.16. The number of hydrogen-bond acceptors (Lipinski definition) is 1. The molecule has 0 heterocycles. The standard InChI is InChI=1S/C11H14FN/c1-8-5-10(7-11(12)6-8)9(2)3-4-13/h5-7H,2-4,13H2,1H3. The largest absolute Gasteiger partial charge is 0.330 e. The lowest BCUT2D eigenvalue weighted by Crippen LogP contribution is -1.99. The summed E-state index contributed by atoms with van der Waals surface area (Å²) < 4.78 is 13.0. The summed E-state index contributed by atoms with van der Waals surface area (Å²) in [6.07, 6.45) is 0.711. The molecule has 2 N–H and O–H groups in total. The maximum absolute atomic E-state index is 13.0. The summed E-state index contributed by atoms with van der Waals surface area (Å²) in [6, 6.07) is 4.91. The van der Waals surface area contributed by atoms with Gasteiger partial charge in [0.15, 0.2) is 0 Å². The molecular formula is C11H14FN. The normalized spacial score (nSPS) is 10.1. The summed E-state index contributed by atoms with van der Waals surface area (Å²) in [4.78, 5) is 0. The third-order valence-corrected chi connectivity index (χ3v) is 1.90. The Morgan fingerprint density at radius 2 is 2.15 bits per heavy atom. The molecule has 0 unspecified atom stereocenters. The molecule has 0 amide bonds. The number of halogens is 1. The Bertz CT molecular complexity index is 298. The van der Waals surface area contributed by atoms with E-state index in [-0.39, 0.29) is 5.82 Å². The molecule has 0 aliphatic carbocycles. The van der Waals surface area contributed by atoms with Crippen LogP contribution >= 0.6 is 0 Å². The average Bonchev–Trinajstić information content (AvgIpc) is 2.03. The summed E-state index contributed by atoms with van der Waals surface area (Å²) in [5.41, 5.74) is 8.04. The molecule has 0 bridgehead atoms. The van der Waals surface area contributed by atoms with Gasteiger partial charge in [-0.15, -0.1) is 0 Å². The molecule has 2 heteroatoms. The van der Waals surface area contributed by atoms with Crippen LogP contribution in [-0.2, 0) is 0 Å². The number of benzene rings is 1. The van der Waals surface area contributed by atoms with Crippen LogP contribution in [0.15, 0.2) is 24.8 Å². The summed E-state index contributed by atoms with van der Waals surface area (Å²) >= 11 is 0. The predicted octanol–water partition coefficient (Wildman–Crippen LogP) is 2.50. The number of rotatable bonds is 3. The molecule has 0 saturated heterocycles. The van der Waals surface area contributed by atoms with E-state index < -0.39 is 0 Å². The van der Waals surface area contributed by atoms with Crippen LogP contribution < -0.4 is 5.73 Å². The van der Waals surface area contributed by atoms with E-state index in [2.05, 4.69) is 6.58 Å². The number of nitrogens with two attached hydrogens (primary N) is 1. The molecule has 0 aliphatic heterocycles. The summed E-state index contributed by atoms with van der Waals surface area (Å²) in [7, 11) is 0. The lowest BCUT2D eigenvalue weighted by atomic mass is 10.0. The molecule has 0 spiro atoms. The van der Waals surface area contributed by atoms with Crippen LogP contribution in [0.4, 0.5) is 4.39 Å². The van der Waals surface area contributed by atoms with Crippen LogP contribution in [0.5, 0.6) is 0 Å². The molecule has 13 heavy (non-hydrogen) atoms. The lowest BCUT2D eigenvalue weighted by molar-refractivity contribution is 0.626. The van der Waals surface area contributed by atoms with E-state index in [1.54, 1.807) is 0 Å². The van der Waals surface area contributed by atoms with E-state index in [1.165, 1.54) is 12.1 Å². The van der Waals surface area contributed by atoms with Gasteiger partial charge in [-0.2, -0.15) is 0 Å². The zero-order valence-electron chi connectivity index (χ0n) is 7.81. The minimum absolute atomic E-state index is 0.215. The second-order valence-corrected chi connectivity index (χ2v) is 3.16. The minimum atomic E-state index is -0.215. The van der Waals surface area contributed by atoms with Crippen molar-refractivity contribution in [3.63, 3.8) is 0 Å². The SMILES string of the molecule is C=C(CCN)c1cc(C)cc(F)c1. The van der Waals surface area contributed by atoms with Gasteiger partial charge < -0.3 is 5.73 Å². The molecule has 70 valence electrons. The lowest BCUT2D eigenvalue weighted by Gasteiger charge is -2.05. The third kappa shape index (κ3) is 2.67. The highest BCUT2D eigenvalue weighted by atomic mass is 19.1. The van der Waals surface area contributed by atoms with E-state index >= 15 is 0 Å². The highest BCUT2D eigenvalue weighted by Crippen LogP contribution is 2.18. The molecule has 1 aromatic carbocycles. The molecule has 1 rings (SSSR count). The fourth-order valence-corrected chi connectivity index (χ4v) is 1.26. The zero-order valence-corrected chi connectivity index (χ0v) is 7.81. The maximum Gasteiger partial charge on any atom is 0.124 e. The predicted molar refractivity (Wildman–Crippen MR) is 53.8 cm³/mol. The van der Waals surface area contributed by atoms with Crippen molar-refractivity contribution in [2.75, 3.05) is 6.54 Å². The Labute approximate surface area is 78.1 Å². The molecule has 0 fully saturated rings. The van der Waals surface area contributed by atoms with Gasteiger partial charge in [0, 0.05) is 0 Å². The Morgan fingerprint density at radius 1 is 1.46 bits per heavy atom. The second kappa shape index (κ2) is 4.19. The van der Waals surface area contributed by atoms with Crippen molar-refractivity contribution in [1.29, 1.82) is 0 Å². The first kappa shape index (κ1) is 9.93. The van der Waals surface area contributed by atoms with E-state index in [0.29, 0.717) is 13.0 Å². The molecule has 0 radical (unpaired) electrons. The molecule has 1 nitrogen and oxygen atoms in total. The minimum Gasteiger partial charge on any atom is -0.330 e. The zero-order chi connectivity index (χ0) is 9.84. The molecule has 1 aromatic rings. The van der Waals surface area contributed by atoms with Gasteiger partial charge in [-0.25, -0.2) is 4.39 Å². The first-order valence-electron chi connectivity index (χ1n) is 4.29. The van der Waals surface area contributed by atoms with E-state index in [9.17, 15) is 4.39 Å². The van der Waals surface area contributed by atoms with Crippen LogP contribution in [0.2, 0.25) is 0 Å². The summed E-state index contributed by atoms with van der Waals surface area (Å²) in [5.74, 6) is -0.215. The molecule has 0 saturated carbocycles.